The first-order valence-electron chi connectivity index (χ1n) is 6.78. The predicted molar refractivity (Wildman–Crippen MR) is 78.6 cm³/mol. The Hall–Kier alpha value is -1.89. The third-order valence-electron chi connectivity index (χ3n) is 3.92. The topological polar surface area (TPSA) is 106 Å². The highest BCUT2D eigenvalue weighted by atomic mass is 16.6. The minimum atomic E-state index is -0.530. The fourth-order valence-corrected chi connectivity index (χ4v) is 2.55. The van der Waals surface area contributed by atoms with E-state index in [0.717, 1.165) is 13.1 Å². The summed E-state index contributed by atoms with van der Waals surface area (Å²) in [5, 5.41) is 17.4. The zero-order chi connectivity index (χ0) is 14.8. The fraction of sp³-hybridized carbons (Fsp3) is 0.615. The van der Waals surface area contributed by atoms with Gasteiger partial charge in [0.25, 0.3) is 0 Å². The maximum Gasteiger partial charge on any atom is 0.311 e. The van der Waals surface area contributed by atoms with Gasteiger partial charge in [0.2, 0.25) is 5.82 Å². The van der Waals surface area contributed by atoms with E-state index in [0.29, 0.717) is 11.9 Å². The molecule has 7 heteroatoms. The second-order valence-electron chi connectivity index (χ2n) is 5.84. The molecule has 1 aromatic rings. The van der Waals surface area contributed by atoms with Crippen LogP contribution < -0.4 is 16.4 Å². The van der Waals surface area contributed by atoms with Crippen LogP contribution in [0, 0.1) is 15.5 Å². The summed E-state index contributed by atoms with van der Waals surface area (Å²) in [4.78, 5) is 14.2. The van der Waals surface area contributed by atoms with Crippen LogP contribution in [0.25, 0.3) is 0 Å². The van der Waals surface area contributed by atoms with E-state index >= 15 is 0 Å². The van der Waals surface area contributed by atoms with Gasteiger partial charge in [0, 0.05) is 18.7 Å². The average molecular weight is 279 g/mol. The Morgan fingerprint density at radius 1 is 1.60 bits per heavy atom. The SMILES string of the molecule is CC1(C)CCCNC1CNc1ccc([N+](=O)[O-])c(N)n1. The molecule has 20 heavy (non-hydrogen) atoms. The number of nitrogen functional groups attached to an aromatic ring is 1. The van der Waals surface area contributed by atoms with Crippen molar-refractivity contribution in [2.24, 2.45) is 5.41 Å². The minimum Gasteiger partial charge on any atom is -0.378 e. The number of rotatable bonds is 4. The van der Waals surface area contributed by atoms with Crippen LogP contribution in [0.15, 0.2) is 12.1 Å². The molecule has 0 radical (unpaired) electrons. The van der Waals surface area contributed by atoms with Crippen LogP contribution in [0.2, 0.25) is 0 Å². The molecule has 4 N–H and O–H groups in total. The summed E-state index contributed by atoms with van der Waals surface area (Å²) in [6.45, 7) is 6.22. The molecule has 1 unspecified atom stereocenters. The number of nitrogens with zero attached hydrogens (tertiary/aromatic N) is 2. The van der Waals surface area contributed by atoms with Crippen molar-refractivity contribution < 1.29 is 4.92 Å². The molecule has 1 aromatic heterocycles. The summed E-state index contributed by atoms with van der Waals surface area (Å²) in [5.74, 6) is 0.507. The van der Waals surface area contributed by atoms with Gasteiger partial charge >= 0.3 is 5.69 Å². The summed E-state index contributed by atoms with van der Waals surface area (Å²) in [7, 11) is 0. The van der Waals surface area contributed by atoms with Gasteiger partial charge in [0.15, 0.2) is 0 Å². The van der Waals surface area contributed by atoms with Crippen LogP contribution in [-0.4, -0.2) is 29.0 Å². The summed E-state index contributed by atoms with van der Waals surface area (Å²) >= 11 is 0. The molecule has 1 fully saturated rings. The van der Waals surface area contributed by atoms with E-state index in [1.807, 2.05) is 0 Å². The highest BCUT2D eigenvalue weighted by Gasteiger charge is 2.31. The number of aromatic nitrogens is 1. The Morgan fingerprint density at radius 2 is 2.35 bits per heavy atom. The first kappa shape index (κ1) is 14.5. The number of pyridine rings is 1. The molecule has 0 spiro atoms. The van der Waals surface area contributed by atoms with Gasteiger partial charge in [-0.25, -0.2) is 4.98 Å². The minimum absolute atomic E-state index is 0.0594. The second-order valence-corrected chi connectivity index (χ2v) is 5.84. The molecule has 110 valence electrons. The van der Waals surface area contributed by atoms with E-state index in [4.69, 9.17) is 5.73 Å². The van der Waals surface area contributed by atoms with Gasteiger partial charge in [-0.15, -0.1) is 0 Å². The van der Waals surface area contributed by atoms with Gasteiger partial charge in [-0.05, 0) is 30.9 Å². The Kier molecular flexibility index (Phi) is 4.08. The van der Waals surface area contributed by atoms with Crippen LogP contribution in [-0.2, 0) is 0 Å². The smallest absolute Gasteiger partial charge is 0.311 e. The van der Waals surface area contributed by atoms with Gasteiger partial charge in [0.05, 0.1) is 4.92 Å². The second kappa shape index (κ2) is 5.62. The fourth-order valence-electron chi connectivity index (χ4n) is 2.55. The Labute approximate surface area is 118 Å². The molecule has 2 rings (SSSR count). The van der Waals surface area contributed by atoms with E-state index < -0.39 is 4.92 Å². The number of hydrogen-bond donors (Lipinski definition) is 3. The van der Waals surface area contributed by atoms with E-state index in [-0.39, 0.29) is 16.9 Å². The van der Waals surface area contributed by atoms with Gasteiger partial charge in [-0.2, -0.15) is 0 Å². The van der Waals surface area contributed by atoms with Crippen molar-refractivity contribution in [2.45, 2.75) is 32.7 Å². The van der Waals surface area contributed by atoms with Crippen molar-refractivity contribution in [2.75, 3.05) is 24.1 Å². The summed E-state index contributed by atoms with van der Waals surface area (Å²) < 4.78 is 0. The number of anilines is 2. The molecule has 1 saturated heterocycles. The lowest BCUT2D eigenvalue weighted by Gasteiger charge is -2.39. The number of hydrogen-bond acceptors (Lipinski definition) is 6. The van der Waals surface area contributed by atoms with Crippen molar-refractivity contribution >= 4 is 17.3 Å². The van der Waals surface area contributed by atoms with Crippen LogP contribution in [0.1, 0.15) is 26.7 Å². The first-order chi connectivity index (χ1) is 9.40. The normalized spacial score (nSPS) is 21.4. The molecule has 1 aliphatic rings. The molecule has 0 aliphatic carbocycles. The molecule has 1 aliphatic heterocycles. The summed E-state index contributed by atoms with van der Waals surface area (Å²) in [6.07, 6.45) is 2.37. The van der Waals surface area contributed by atoms with Gasteiger partial charge in [-0.3, -0.25) is 10.1 Å². The van der Waals surface area contributed by atoms with Crippen molar-refractivity contribution in [1.82, 2.24) is 10.3 Å². The number of nitro groups is 1. The third kappa shape index (κ3) is 3.16. The van der Waals surface area contributed by atoms with Crippen LogP contribution in [0.3, 0.4) is 0 Å². The Morgan fingerprint density at radius 3 is 2.95 bits per heavy atom. The van der Waals surface area contributed by atoms with Crippen LogP contribution in [0.4, 0.5) is 17.3 Å². The molecule has 1 atom stereocenters. The van der Waals surface area contributed by atoms with E-state index in [2.05, 4.69) is 29.5 Å². The third-order valence-corrected chi connectivity index (χ3v) is 3.92. The standard InChI is InChI=1S/C13H21N5O2/c1-13(2)6-3-7-15-10(13)8-16-11-5-4-9(18(19)20)12(14)17-11/h4-5,10,15H,3,6-8H2,1-2H3,(H3,14,16,17). The molecule has 0 aromatic carbocycles. The zero-order valence-electron chi connectivity index (χ0n) is 11.8. The van der Waals surface area contributed by atoms with Crippen molar-refractivity contribution in [3.8, 4) is 0 Å². The molecule has 0 bridgehead atoms. The molecule has 0 amide bonds. The number of piperidine rings is 1. The van der Waals surface area contributed by atoms with Crippen LogP contribution in [0.5, 0.6) is 0 Å². The van der Waals surface area contributed by atoms with Crippen molar-refractivity contribution in [1.29, 1.82) is 0 Å². The molecule has 0 saturated carbocycles. The molecule has 2 heterocycles. The highest BCUT2D eigenvalue weighted by Crippen LogP contribution is 2.30. The molecule has 7 nitrogen and oxygen atoms in total. The van der Waals surface area contributed by atoms with E-state index in [1.54, 1.807) is 6.07 Å². The maximum atomic E-state index is 10.7. The van der Waals surface area contributed by atoms with Gasteiger partial charge in [0.1, 0.15) is 5.82 Å². The van der Waals surface area contributed by atoms with E-state index in [9.17, 15) is 10.1 Å². The largest absolute Gasteiger partial charge is 0.378 e. The van der Waals surface area contributed by atoms with Crippen molar-refractivity contribution in [3.05, 3.63) is 22.2 Å². The molecular formula is C13H21N5O2. The predicted octanol–water partition coefficient (Wildman–Crippen LogP) is 1.76. The lowest BCUT2D eigenvalue weighted by atomic mass is 9.77. The monoisotopic (exact) mass is 279 g/mol. The Balaban J connectivity index is 2.00. The molecular weight excluding hydrogens is 258 g/mol. The highest BCUT2D eigenvalue weighted by molar-refractivity contribution is 5.57. The number of nitrogens with one attached hydrogen (secondary N) is 2. The van der Waals surface area contributed by atoms with E-state index in [1.165, 1.54) is 18.9 Å². The van der Waals surface area contributed by atoms with Crippen LogP contribution >= 0.6 is 0 Å². The lowest BCUT2D eigenvalue weighted by Crippen LogP contribution is -2.50. The average Bonchev–Trinajstić information content (AvgIpc) is 2.36. The Bertz CT molecular complexity index is 504. The lowest BCUT2D eigenvalue weighted by molar-refractivity contribution is -0.384. The maximum absolute atomic E-state index is 10.7. The first-order valence-corrected chi connectivity index (χ1v) is 6.78. The quantitative estimate of drug-likeness (QED) is 0.573. The summed E-state index contributed by atoms with van der Waals surface area (Å²) in [6, 6.07) is 3.31. The van der Waals surface area contributed by atoms with Gasteiger partial charge < -0.3 is 16.4 Å². The number of nitrogens with two attached hydrogens (primary N) is 1. The van der Waals surface area contributed by atoms with Crippen molar-refractivity contribution in [3.63, 3.8) is 0 Å². The van der Waals surface area contributed by atoms with Gasteiger partial charge in [-0.1, -0.05) is 13.8 Å². The zero-order valence-corrected chi connectivity index (χ0v) is 11.8. The summed E-state index contributed by atoms with van der Waals surface area (Å²) in [5.41, 5.74) is 5.64.